The van der Waals surface area contributed by atoms with Gasteiger partial charge in [-0.2, -0.15) is 0 Å². The second-order valence-corrected chi connectivity index (χ2v) is 10.6. The van der Waals surface area contributed by atoms with Crippen LogP contribution in [0.4, 0.5) is 0 Å². The van der Waals surface area contributed by atoms with Crippen molar-refractivity contribution in [2.24, 2.45) is 11.3 Å². The number of piperidine rings is 1. The summed E-state index contributed by atoms with van der Waals surface area (Å²) >= 11 is 0. The van der Waals surface area contributed by atoms with Crippen molar-refractivity contribution in [3.8, 4) is 0 Å². The van der Waals surface area contributed by atoms with Crippen molar-refractivity contribution in [2.75, 3.05) is 19.6 Å². The molecule has 6 rings (SSSR count). The van der Waals surface area contributed by atoms with Crippen LogP contribution in [0.15, 0.2) is 29.1 Å². The van der Waals surface area contributed by atoms with E-state index in [9.17, 15) is 9.59 Å². The van der Waals surface area contributed by atoms with E-state index in [2.05, 4.69) is 35.0 Å². The van der Waals surface area contributed by atoms with Crippen LogP contribution in [0.25, 0.3) is 0 Å². The first-order chi connectivity index (χ1) is 14.4. The monoisotopic (exact) mass is 402 g/mol. The second kappa shape index (κ2) is 6.16. The maximum absolute atomic E-state index is 12.6. The van der Waals surface area contributed by atoms with Gasteiger partial charge in [-0.15, -0.1) is 0 Å². The van der Waals surface area contributed by atoms with Gasteiger partial charge in [0.2, 0.25) is 0 Å². The minimum Gasteiger partial charge on any atom is -0.325 e. The van der Waals surface area contributed by atoms with Gasteiger partial charge in [0.05, 0.1) is 5.56 Å². The number of aryl methyl sites for hydroxylation is 1. The van der Waals surface area contributed by atoms with Crippen molar-refractivity contribution in [1.29, 1.82) is 0 Å². The van der Waals surface area contributed by atoms with Crippen LogP contribution in [0.5, 0.6) is 0 Å². The lowest BCUT2D eigenvalue weighted by atomic mass is 9.52. The highest BCUT2D eigenvalue weighted by molar-refractivity contribution is 5.93. The number of fused-ring (bicyclic) bond motifs is 2. The number of Topliss-reactive ketones (excluding diaryl/α,β-unsaturated/α-hetero) is 1. The van der Waals surface area contributed by atoms with Gasteiger partial charge < -0.3 is 9.88 Å². The molecule has 2 aromatic rings. The summed E-state index contributed by atoms with van der Waals surface area (Å²) in [5, 5.41) is 0. The number of rotatable bonds is 3. The van der Waals surface area contributed by atoms with Crippen molar-refractivity contribution in [1.82, 2.24) is 9.88 Å². The summed E-state index contributed by atoms with van der Waals surface area (Å²) in [4.78, 5) is 30.4. The number of nitrogens with one attached hydrogen (secondary N) is 1. The van der Waals surface area contributed by atoms with Crippen molar-refractivity contribution < 1.29 is 4.79 Å². The fourth-order valence-corrected chi connectivity index (χ4v) is 6.91. The Morgan fingerprint density at radius 1 is 1.17 bits per heavy atom. The number of carbonyl (C=O) groups excluding carboxylic acids is 1. The fraction of sp³-hybridized carbons (Fsp3) is 0.538. The number of nitrogens with zero attached hydrogens (tertiary/aromatic N) is 1. The van der Waals surface area contributed by atoms with Crippen LogP contribution in [0.1, 0.15) is 64.5 Å². The van der Waals surface area contributed by atoms with Crippen LogP contribution >= 0.6 is 0 Å². The molecule has 2 fully saturated rings. The van der Waals surface area contributed by atoms with Gasteiger partial charge >= 0.3 is 0 Å². The molecule has 4 nitrogen and oxygen atoms in total. The second-order valence-electron chi connectivity index (χ2n) is 10.6. The summed E-state index contributed by atoms with van der Waals surface area (Å²) in [5.41, 5.74) is 6.95. The minimum atomic E-state index is -0.223. The topological polar surface area (TPSA) is 53.2 Å². The molecule has 0 amide bonds. The summed E-state index contributed by atoms with van der Waals surface area (Å²) in [6.07, 6.45) is 6.89. The number of benzene rings is 1. The standard InChI is InChI=1S/C26H30N2O2/c1-16-3-6-19-11-25-12-20-10-21(17(2)29)24(30)27-23(20)13-26(25,22(19)9-16)7-8-28(15-25)14-18-4-5-18/h3,6,9-10,18H,4-5,7-8,11-15H2,1-2H3,(H,27,30)/t25?,26-/m1/s1. The molecular formula is C26H30N2O2. The molecular weight excluding hydrogens is 372 g/mol. The van der Waals surface area contributed by atoms with Gasteiger partial charge in [-0.1, -0.05) is 23.8 Å². The molecule has 3 aliphatic carbocycles. The average molecular weight is 403 g/mol. The largest absolute Gasteiger partial charge is 0.325 e. The Balaban J connectivity index is 1.50. The number of H-pyrrole nitrogens is 1. The number of aromatic amines is 1. The van der Waals surface area contributed by atoms with E-state index in [1.54, 1.807) is 0 Å². The average Bonchev–Trinajstić information content (AvgIpc) is 3.46. The van der Waals surface area contributed by atoms with E-state index in [1.807, 2.05) is 6.07 Å². The first-order valence-electron chi connectivity index (χ1n) is 11.5. The molecule has 1 saturated carbocycles. The van der Waals surface area contributed by atoms with Crippen molar-refractivity contribution in [3.63, 3.8) is 0 Å². The predicted octanol–water partition coefficient (Wildman–Crippen LogP) is 3.58. The fourth-order valence-electron chi connectivity index (χ4n) is 6.91. The summed E-state index contributed by atoms with van der Waals surface area (Å²) < 4.78 is 0. The molecule has 4 aliphatic rings. The van der Waals surface area contributed by atoms with Crippen LogP contribution in [0.3, 0.4) is 0 Å². The van der Waals surface area contributed by atoms with E-state index in [0.717, 1.165) is 50.4 Å². The zero-order valence-electron chi connectivity index (χ0n) is 18.0. The summed E-state index contributed by atoms with van der Waals surface area (Å²) in [6.45, 7) is 7.21. The zero-order chi connectivity index (χ0) is 20.7. The Morgan fingerprint density at radius 2 is 1.97 bits per heavy atom. The third-order valence-corrected chi connectivity index (χ3v) is 8.52. The van der Waals surface area contributed by atoms with Gasteiger partial charge in [-0.05, 0) is 87.6 Å². The first-order valence-corrected chi connectivity index (χ1v) is 11.5. The van der Waals surface area contributed by atoms with Gasteiger partial charge in [0, 0.05) is 29.6 Å². The van der Waals surface area contributed by atoms with Gasteiger partial charge in [-0.3, -0.25) is 9.59 Å². The highest BCUT2D eigenvalue weighted by Gasteiger charge is 2.61. The SMILES string of the molecule is CC(=O)c1cc2c([nH]c1=O)C[C@@]13CCN(CC4CC4)CC1(Cc1ccc(C)cc13)C2. The molecule has 0 bridgehead atoms. The van der Waals surface area contributed by atoms with Crippen LogP contribution < -0.4 is 5.56 Å². The van der Waals surface area contributed by atoms with Gasteiger partial charge in [-0.25, -0.2) is 0 Å². The van der Waals surface area contributed by atoms with Crippen LogP contribution in [-0.4, -0.2) is 35.3 Å². The quantitative estimate of drug-likeness (QED) is 0.799. The van der Waals surface area contributed by atoms with Crippen LogP contribution in [-0.2, 0) is 24.7 Å². The molecule has 1 unspecified atom stereocenters. The van der Waals surface area contributed by atoms with E-state index < -0.39 is 0 Å². The molecule has 1 aliphatic heterocycles. The summed E-state index contributed by atoms with van der Waals surface area (Å²) in [7, 11) is 0. The number of carbonyl (C=O) groups is 1. The molecule has 4 heteroatoms. The third kappa shape index (κ3) is 2.56. The number of likely N-dealkylation sites (tertiary alicyclic amines) is 1. The molecule has 0 radical (unpaired) electrons. The smallest absolute Gasteiger partial charge is 0.259 e. The van der Waals surface area contributed by atoms with E-state index in [0.29, 0.717) is 5.56 Å². The molecule has 1 N–H and O–H groups in total. The number of pyridine rings is 1. The molecule has 0 spiro atoms. The molecule has 156 valence electrons. The predicted molar refractivity (Wildman–Crippen MR) is 117 cm³/mol. The Bertz CT molecular complexity index is 1130. The molecule has 1 aromatic heterocycles. The lowest BCUT2D eigenvalue weighted by Gasteiger charge is -2.56. The van der Waals surface area contributed by atoms with Crippen LogP contribution in [0, 0.1) is 18.3 Å². The number of aromatic nitrogens is 1. The van der Waals surface area contributed by atoms with Crippen LogP contribution in [0.2, 0.25) is 0 Å². The van der Waals surface area contributed by atoms with Gasteiger partial charge in [0.15, 0.2) is 5.78 Å². The maximum Gasteiger partial charge on any atom is 0.259 e. The summed E-state index contributed by atoms with van der Waals surface area (Å²) in [5.74, 6) is 0.759. The highest BCUT2D eigenvalue weighted by atomic mass is 16.1. The van der Waals surface area contributed by atoms with E-state index in [4.69, 9.17) is 0 Å². The maximum atomic E-state index is 12.6. The number of hydrogen-bond acceptors (Lipinski definition) is 3. The first kappa shape index (κ1) is 18.6. The summed E-state index contributed by atoms with van der Waals surface area (Å²) in [6, 6.07) is 8.92. The Morgan fingerprint density at radius 3 is 2.73 bits per heavy atom. The van der Waals surface area contributed by atoms with E-state index in [1.165, 1.54) is 48.6 Å². The zero-order valence-corrected chi connectivity index (χ0v) is 18.0. The molecule has 1 saturated heterocycles. The van der Waals surface area contributed by atoms with Crippen molar-refractivity contribution in [2.45, 2.75) is 57.8 Å². The van der Waals surface area contributed by atoms with Gasteiger partial charge in [0.1, 0.15) is 0 Å². The molecule has 1 aromatic carbocycles. The van der Waals surface area contributed by atoms with Crippen molar-refractivity contribution in [3.05, 3.63) is 68.1 Å². The van der Waals surface area contributed by atoms with Crippen molar-refractivity contribution >= 4 is 5.78 Å². The number of ketones is 1. The van der Waals surface area contributed by atoms with E-state index >= 15 is 0 Å². The Kier molecular flexibility index (Phi) is 3.81. The lowest BCUT2D eigenvalue weighted by molar-refractivity contribution is 0.00118. The minimum absolute atomic E-state index is 0.0993. The van der Waals surface area contributed by atoms with E-state index in [-0.39, 0.29) is 22.2 Å². The van der Waals surface area contributed by atoms with Gasteiger partial charge in [0.25, 0.3) is 5.56 Å². The molecule has 2 heterocycles. The normalized spacial score (nSPS) is 29.7. The molecule has 30 heavy (non-hydrogen) atoms. The Labute approximate surface area is 177 Å². The number of hydrogen-bond donors (Lipinski definition) is 1. The molecule has 2 atom stereocenters. The highest BCUT2D eigenvalue weighted by Crippen LogP contribution is 2.61. The lowest BCUT2D eigenvalue weighted by Crippen LogP contribution is -2.60. The Hall–Kier alpha value is -2.20. The third-order valence-electron chi connectivity index (χ3n) is 8.52.